The van der Waals surface area contributed by atoms with E-state index in [1.807, 2.05) is 0 Å². The second-order valence-corrected chi connectivity index (χ2v) is 4.39. The minimum atomic E-state index is -0.363. The Balaban J connectivity index is 1.83. The van der Waals surface area contributed by atoms with Crippen LogP contribution in [0.2, 0.25) is 0 Å². The van der Waals surface area contributed by atoms with Gasteiger partial charge in [-0.1, -0.05) is 0 Å². The number of ether oxygens (including phenoxy) is 1. The largest absolute Gasteiger partial charge is 0.465 e. The van der Waals surface area contributed by atoms with Gasteiger partial charge >= 0.3 is 5.97 Å². The number of methoxy groups -OCH3 is 1. The molecule has 1 N–H and O–H groups in total. The SMILES string of the molecule is COC(=O)c1ccn2nc(CNC3CC3)nc2c1. The van der Waals surface area contributed by atoms with Crippen molar-refractivity contribution >= 4 is 11.6 Å². The number of rotatable bonds is 4. The standard InChI is InChI=1S/C12H14N4O2/c1-18-12(17)8-4-5-16-11(6-8)14-10(15-16)7-13-9-2-3-9/h4-6,9,13H,2-3,7H2,1H3. The van der Waals surface area contributed by atoms with Crippen LogP contribution in [-0.2, 0) is 11.3 Å². The number of aromatic nitrogens is 3. The topological polar surface area (TPSA) is 68.5 Å². The fourth-order valence-corrected chi connectivity index (χ4v) is 1.77. The minimum Gasteiger partial charge on any atom is -0.465 e. The van der Waals surface area contributed by atoms with Crippen LogP contribution in [0.3, 0.4) is 0 Å². The van der Waals surface area contributed by atoms with Crippen LogP contribution in [-0.4, -0.2) is 33.7 Å². The number of carbonyl (C=O) groups is 1. The second-order valence-electron chi connectivity index (χ2n) is 4.39. The van der Waals surface area contributed by atoms with Crippen molar-refractivity contribution < 1.29 is 9.53 Å². The maximum atomic E-state index is 11.4. The molecule has 1 saturated carbocycles. The molecular formula is C12H14N4O2. The molecular weight excluding hydrogens is 232 g/mol. The summed E-state index contributed by atoms with van der Waals surface area (Å²) in [6, 6.07) is 3.98. The second kappa shape index (κ2) is 4.38. The molecule has 3 rings (SSSR count). The number of nitrogens with one attached hydrogen (secondary N) is 1. The first-order chi connectivity index (χ1) is 8.76. The molecule has 1 aliphatic rings. The Kier molecular flexibility index (Phi) is 2.71. The first kappa shape index (κ1) is 11.2. The summed E-state index contributed by atoms with van der Waals surface area (Å²) >= 11 is 0. The Bertz CT molecular complexity index is 589. The summed E-state index contributed by atoms with van der Waals surface area (Å²) in [4.78, 5) is 15.8. The summed E-state index contributed by atoms with van der Waals surface area (Å²) in [5, 5.41) is 7.68. The normalized spacial score (nSPS) is 14.9. The predicted molar refractivity (Wildman–Crippen MR) is 64.2 cm³/mol. The number of hydrogen-bond acceptors (Lipinski definition) is 5. The van der Waals surface area contributed by atoms with Crippen LogP contribution in [0.5, 0.6) is 0 Å². The molecule has 0 radical (unpaired) electrons. The van der Waals surface area contributed by atoms with Gasteiger partial charge in [0.05, 0.1) is 19.2 Å². The van der Waals surface area contributed by atoms with Crippen LogP contribution in [0.1, 0.15) is 29.0 Å². The average Bonchev–Trinajstić information content (AvgIpc) is 3.13. The van der Waals surface area contributed by atoms with Crippen molar-refractivity contribution in [2.24, 2.45) is 0 Å². The average molecular weight is 246 g/mol. The molecule has 0 spiro atoms. The molecule has 2 heterocycles. The van der Waals surface area contributed by atoms with Gasteiger partial charge in [0.25, 0.3) is 0 Å². The zero-order chi connectivity index (χ0) is 12.5. The van der Waals surface area contributed by atoms with E-state index in [2.05, 4.69) is 20.1 Å². The van der Waals surface area contributed by atoms with Crippen LogP contribution in [0.25, 0.3) is 5.65 Å². The summed E-state index contributed by atoms with van der Waals surface area (Å²) in [6.45, 7) is 0.667. The van der Waals surface area contributed by atoms with Crippen LogP contribution in [0.15, 0.2) is 18.3 Å². The third-order valence-electron chi connectivity index (χ3n) is 2.93. The van der Waals surface area contributed by atoms with Crippen LogP contribution in [0.4, 0.5) is 0 Å². The Hall–Kier alpha value is -1.95. The molecule has 18 heavy (non-hydrogen) atoms. The molecule has 0 saturated heterocycles. The van der Waals surface area contributed by atoms with Gasteiger partial charge in [0.2, 0.25) is 0 Å². The highest BCUT2D eigenvalue weighted by atomic mass is 16.5. The van der Waals surface area contributed by atoms with Gasteiger partial charge in [-0.25, -0.2) is 14.3 Å². The van der Waals surface area contributed by atoms with Crippen LogP contribution in [0, 0.1) is 0 Å². The highest BCUT2D eigenvalue weighted by Gasteiger charge is 2.20. The van der Waals surface area contributed by atoms with E-state index >= 15 is 0 Å². The van der Waals surface area contributed by atoms with Crippen LogP contribution < -0.4 is 5.32 Å². The lowest BCUT2D eigenvalue weighted by Crippen LogP contribution is -2.16. The molecule has 0 amide bonds. The number of nitrogens with zero attached hydrogens (tertiary/aromatic N) is 3. The van der Waals surface area contributed by atoms with Gasteiger partial charge in [0, 0.05) is 12.2 Å². The number of fused-ring (bicyclic) bond motifs is 1. The van der Waals surface area contributed by atoms with Gasteiger partial charge in [-0.2, -0.15) is 0 Å². The number of esters is 1. The molecule has 6 heteroatoms. The van der Waals surface area contributed by atoms with E-state index in [0.717, 1.165) is 5.82 Å². The van der Waals surface area contributed by atoms with Gasteiger partial charge in [0.1, 0.15) is 0 Å². The molecule has 1 aliphatic carbocycles. The Labute approximate surface area is 104 Å². The molecule has 2 aromatic rings. The molecule has 0 atom stereocenters. The highest BCUT2D eigenvalue weighted by molar-refractivity contribution is 5.90. The summed E-state index contributed by atoms with van der Waals surface area (Å²) in [7, 11) is 1.36. The number of carbonyl (C=O) groups excluding carboxylic acids is 1. The maximum absolute atomic E-state index is 11.4. The number of hydrogen-bond donors (Lipinski definition) is 1. The van der Waals surface area contributed by atoms with E-state index in [1.54, 1.807) is 22.8 Å². The van der Waals surface area contributed by atoms with Crippen molar-refractivity contribution in [2.75, 3.05) is 7.11 Å². The molecule has 0 bridgehead atoms. The van der Waals surface area contributed by atoms with Crippen molar-refractivity contribution in [1.29, 1.82) is 0 Å². The summed E-state index contributed by atoms with van der Waals surface area (Å²) < 4.78 is 6.33. The lowest BCUT2D eigenvalue weighted by molar-refractivity contribution is 0.0600. The van der Waals surface area contributed by atoms with E-state index in [1.165, 1.54) is 20.0 Å². The van der Waals surface area contributed by atoms with Gasteiger partial charge in [-0.05, 0) is 25.0 Å². The molecule has 2 aromatic heterocycles. The number of pyridine rings is 1. The molecule has 1 fully saturated rings. The van der Waals surface area contributed by atoms with Crippen molar-refractivity contribution in [3.63, 3.8) is 0 Å². The smallest absolute Gasteiger partial charge is 0.338 e. The predicted octanol–water partition coefficient (Wildman–Crippen LogP) is 0.768. The Morgan fingerprint density at radius 1 is 1.61 bits per heavy atom. The van der Waals surface area contributed by atoms with Gasteiger partial charge in [-0.3, -0.25) is 0 Å². The first-order valence-corrected chi connectivity index (χ1v) is 5.93. The van der Waals surface area contributed by atoms with E-state index in [-0.39, 0.29) is 5.97 Å². The van der Waals surface area contributed by atoms with E-state index < -0.39 is 0 Å². The highest BCUT2D eigenvalue weighted by Crippen LogP contribution is 2.19. The van der Waals surface area contributed by atoms with Crippen molar-refractivity contribution in [3.8, 4) is 0 Å². The maximum Gasteiger partial charge on any atom is 0.338 e. The third kappa shape index (κ3) is 2.19. The lowest BCUT2D eigenvalue weighted by Gasteiger charge is -1.97. The lowest BCUT2D eigenvalue weighted by atomic mass is 10.3. The van der Waals surface area contributed by atoms with E-state index in [0.29, 0.717) is 23.8 Å². The minimum absolute atomic E-state index is 0.363. The van der Waals surface area contributed by atoms with Gasteiger partial charge in [0.15, 0.2) is 11.5 Å². The molecule has 6 nitrogen and oxygen atoms in total. The zero-order valence-corrected chi connectivity index (χ0v) is 10.1. The van der Waals surface area contributed by atoms with E-state index in [4.69, 9.17) is 0 Å². The third-order valence-corrected chi connectivity index (χ3v) is 2.93. The molecule has 0 aromatic carbocycles. The van der Waals surface area contributed by atoms with Gasteiger partial charge in [-0.15, -0.1) is 5.10 Å². The zero-order valence-electron chi connectivity index (χ0n) is 10.1. The summed E-state index contributed by atoms with van der Waals surface area (Å²) in [5.74, 6) is 0.377. The molecule has 0 aliphatic heterocycles. The van der Waals surface area contributed by atoms with E-state index in [9.17, 15) is 4.79 Å². The van der Waals surface area contributed by atoms with Crippen LogP contribution >= 0.6 is 0 Å². The molecule has 94 valence electrons. The van der Waals surface area contributed by atoms with Crippen molar-refractivity contribution in [3.05, 3.63) is 29.7 Å². The molecule has 0 unspecified atom stereocenters. The quantitative estimate of drug-likeness (QED) is 0.807. The summed E-state index contributed by atoms with van der Waals surface area (Å²) in [6.07, 6.45) is 4.19. The fourth-order valence-electron chi connectivity index (χ4n) is 1.77. The van der Waals surface area contributed by atoms with Crippen molar-refractivity contribution in [1.82, 2.24) is 19.9 Å². The van der Waals surface area contributed by atoms with Crippen molar-refractivity contribution in [2.45, 2.75) is 25.4 Å². The Morgan fingerprint density at radius 3 is 3.17 bits per heavy atom. The van der Waals surface area contributed by atoms with Gasteiger partial charge < -0.3 is 10.1 Å². The fraction of sp³-hybridized carbons (Fsp3) is 0.417. The monoisotopic (exact) mass is 246 g/mol. The Morgan fingerprint density at radius 2 is 2.44 bits per heavy atom. The first-order valence-electron chi connectivity index (χ1n) is 5.93. The summed E-state index contributed by atoms with van der Waals surface area (Å²) in [5.41, 5.74) is 1.14.